The summed E-state index contributed by atoms with van der Waals surface area (Å²) in [6.07, 6.45) is 3.91. The second kappa shape index (κ2) is 13.9. The fraction of sp³-hybridized carbons (Fsp3) is 0.438. The van der Waals surface area contributed by atoms with Gasteiger partial charge in [-0.3, -0.25) is 4.99 Å². The number of guanidine groups is 1. The van der Waals surface area contributed by atoms with E-state index < -0.39 is 0 Å². The van der Waals surface area contributed by atoms with Gasteiger partial charge in [0.2, 0.25) is 0 Å². The number of hydrogen-bond donors (Lipinski definition) is 2. The van der Waals surface area contributed by atoms with Gasteiger partial charge in [0.25, 0.3) is 0 Å². The smallest absolute Gasteiger partial charge is 0.191 e. The molecule has 0 saturated carbocycles. The topological polar surface area (TPSA) is 45.7 Å². The van der Waals surface area contributed by atoms with Crippen LogP contribution in [-0.2, 0) is 11.3 Å². The molecule has 0 unspecified atom stereocenters. The van der Waals surface area contributed by atoms with Crippen LogP contribution in [-0.4, -0.2) is 32.7 Å². The van der Waals surface area contributed by atoms with E-state index in [1.165, 1.54) is 5.56 Å². The number of nitrogens with zero attached hydrogens (tertiary/aromatic N) is 1. The molecule has 0 heterocycles. The summed E-state index contributed by atoms with van der Waals surface area (Å²) in [4.78, 5) is 4.11. The molecule has 4 nitrogen and oxygen atoms in total. The van der Waals surface area contributed by atoms with Crippen molar-refractivity contribution in [2.24, 2.45) is 4.99 Å². The van der Waals surface area contributed by atoms with Gasteiger partial charge < -0.3 is 15.4 Å². The number of aliphatic imine (C=N–C) groups is 1. The Hall–Kier alpha value is -1.08. The summed E-state index contributed by atoms with van der Waals surface area (Å²) in [7, 11) is 1.77. The van der Waals surface area contributed by atoms with Crippen LogP contribution in [0.25, 0.3) is 0 Å². The predicted molar refractivity (Wildman–Crippen MR) is 100 cm³/mol. The van der Waals surface area contributed by atoms with Crippen LogP contribution in [0.5, 0.6) is 0 Å². The number of halogens is 1. The number of nitrogens with one attached hydrogen (secondary N) is 2. The highest BCUT2D eigenvalue weighted by Crippen LogP contribution is 2.01. The maximum atomic E-state index is 5.63. The maximum Gasteiger partial charge on any atom is 0.191 e. The van der Waals surface area contributed by atoms with E-state index in [1.807, 2.05) is 24.3 Å². The second-order valence-electron chi connectivity index (χ2n) is 4.41. The normalized spacial score (nSPS) is 10.6. The van der Waals surface area contributed by atoms with Crippen molar-refractivity contribution in [3.8, 4) is 0 Å². The van der Waals surface area contributed by atoms with Crippen LogP contribution in [0.3, 0.4) is 0 Å². The minimum atomic E-state index is 0. The lowest BCUT2D eigenvalue weighted by atomic mass is 10.2. The van der Waals surface area contributed by atoms with E-state index in [0.29, 0.717) is 6.61 Å². The van der Waals surface area contributed by atoms with Gasteiger partial charge in [-0.05, 0) is 18.4 Å². The molecule has 0 spiro atoms. The molecule has 5 heteroatoms. The van der Waals surface area contributed by atoms with Crippen LogP contribution < -0.4 is 10.6 Å². The van der Waals surface area contributed by atoms with Crippen molar-refractivity contribution < 1.29 is 4.74 Å². The first-order valence-corrected chi connectivity index (χ1v) is 7.04. The standard InChI is InChI=1S/C16H25N3O.HI/c1-3-11-18-16(17-2)19-12-7-8-13-20-14-15-9-5-4-6-10-15;/h3-6,9-10H,1,7-8,11-14H2,2H3,(H2,17,18,19);1H. The van der Waals surface area contributed by atoms with Crippen molar-refractivity contribution in [2.75, 3.05) is 26.7 Å². The molecule has 1 rings (SSSR count). The van der Waals surface area contributed by atoms with Gasteiger partial charge in [-0.15, -0.1) is 30.6 Å². The quantitative estimate of drug-likeness (QED) is 0.219. The molecular formula is C16H26IN3O. The molecule has 21 heavy (non-hydrogen) atoms. The molecule has 0 fully saturated rings. The Morgan fingerprint density at radius 1 is 1.24 bits per heavy atom. The largest absolute Gasteiger partial charge is 0.377 e. The van der Waals surface area contributed by atoms with Crippen LogP contribution in [0.4, 0.5) is 0 Å². The summed E-state index contributed by atoms with van der Waals surface area (Å²) in [6, 6.07) is 10.2. The van der Waals surface area contributed by atoms with Gasteiger partial charge in [0.15, 0.2) is 5.96 Å². The van der Waals surface area contributed by atoms with Gasteiger partial charge >= 0.3 is 0 Å². The first kappa shape index (κ1) is 19.9. The van der Waals surface area contributed by atoms with Crippen molar-refractivity contribution in [2.45, 2.75) is 19.4 Å². The summed E-state index contributed by atoms with van der Waals surface area (Å²) in [5, 5.41) is 6.38. The van der Waals surface area contributed by atoms with E-state index in [2.05, 4.69) is 34.3 Å². The van der Waals surface area contributed by atoms with E-state index in [1.54, 1.807) is 7.05 Å². The molecule has 2 N–H and O–H groups in total. The number of rotatable bonds is 9. The summed E-state index contributed by atoms with van der Waals surface area (Å²) in [6.45, 7) is 6.75. The zero-order chi connectivity index (χ0) is 14.5. The Morgan fingerprint density at radius 2 is 2.00 bits per heavy atom. The average molecular weight is 403 g/mol. The van der Waals surface area contributed by atoms with Crippen LogP contribution in [0.1, 0.15) is 18.4 Å². The van der Waals surface area contributed by atoms with E-state index in [4.69, 9.17) is 4.74 Å². The van der Waals surface area contributed by atoms with Crippen LogP contribution in [0, 0.1) is 0 Å². The van der Waals surface area contributed by atoms with Gasteiger partial charge in [0.1, 0.15) is 0 Å². The number of hydrogen-bond acceptors (Lipinski definition) is 2. The molecule has 1 aromatic rings. The van der Waals surface area contributed by atoms with E-state index in [0.717, 1.165) is 38.5 Å². The fourth-order valence-corrected chi connectivity index (χ4v) is 1.69. The SMILES string of the molecule is C=CCNC(=NC)NCCCCOCc1ccccc1.I. The second-order valence-corrected chi connectivity index (χ2v) is 4.41. The van der Waals surface area contributed by atoms with Crippen LogP contribution in [0.2, 0.25) is 0 Å². The number of benzene rings is 1. The zero-order valence-electron chi connectivity index (χ0n) is 12.7. The highest BCUT2D eigenvalue weighted by atomic mass is 127. The Morgan fingerprint density at radius 3 is 2.67 bits per heavy atom. The average Bonchev–Trinajstić information content (AvgIpc) is 2.50. The van der Waals surface area contributed by atoms with E-state index in [-0.39, 0.29) is 24.0 Å². The van der Waals surface area contributed by atoms with Crippen molar-refractivity contribution in [1.29, 1.82) is 0 Å². The molecular weight excluding hydrogens is 377 g/mol. The molecule has 0 amide bonds. The van der Waals surface area contributed by atoms with Crippen molar-refractivity contribution in [1.82, 2.24) is 10.6 Å². The summed E-state index contributed by atoms with van der Waals surface area (Å²) in [5.74, 6) is 0.815. The number of ether oxygens (including phenoxy) is 1. The molecule has 0 atom stereocenters. The minimum absolute atomic E-state index is 0. The molecule has 0 aromatic heterocycles. The zero-order valence-corrected chi connectivity index (χ0v) is 15.0. The minimum Gasteiger partial charge on any atom is -0.377 e. The fourth-order valence-electron chi connectivity index (χ4n) is 1.69. The maximum absolute atomic E-state index is 5.63. The van der Waals surface area contributed by atoms with Gasteiger partial charge in [-0.1, -0.05) is 36.4 Å². The van der Waals surface area contributed by atoms with Crippen molar-refractivity contribution >= 4 is 29.9 Å². The van der Waals surface area contributed by atoms with Crippen molar-refractivity contribution in [3.05, 3.63) is 48.6 Å². The Labute approximate surface area is 145 Å². The molecule has 118 valence electrons. The predicted octanol–water partition coefficient (Wildman–Crippen LogP) is 2.95. The lowest BCUT2D eigenvalue weighted by molar-refractivity contribution is 0.117. The summed E-state index contributed by atoms with van der Waals surface area (Å²) < 4.78 is 5.63. The summed E-state index contributed by atoms with van der Waals surface area (Å²) in [5.41, 5.74) is 1.22. The lowest BCUT2D eigenvalue weighted by Crippen LogP contribution is -2.37. The highest BCUT2D eigenvalue weighted by Gasteiger charge is 1.95. The highest BCUT2D eigenvalue weighted by molar-refractivity contribution is 14.0. The monoisotopic (exact) mass is 403 g/mol. The Balaban J connectivity index is 0.00000400. The first-order valence-electron chi connectivity index (χ1n) is 7.04. The summed E-state index contributed by atoms with van der Waals surface area (Å²) >= 11 is 0. The van der Waals surface area contributed by atoms with Crippen LogP contribution >= 0.6 is 24.0 Å². The molecule has 0 saturated heterocycles. The molecule has 1 aromatic carbocycles. The van der Waals surface area contributed by atoms with Gasteiger partial charge in [0, 0.05) is 26.7 Å². The molecule has 0 aliphatic rings. The molecule has 0 aliphatic heterocycles. The third-order valence-corrected chi connectivity index (χ3v) is 2.76. The van der Waals surface area contributed by atoms with E-state index >= 15 is 0 Å². The molecule has 0 aliphatic carbocycles. The lowest BCUT2D eigenvalue weighted by Gasteiger charge is -2.10. The van der Waals surface area contributed by atoms with E-state index in [9.17, 15) is 0 Å². The Bertz CT molecular complexity index is 396. The first-order chi connectivity index (χ1) is 9.86. The van der Waals surface area contributed by atoms with Crippen LogP contribution in [0.15, 0.2) is 48.0 Å². The molecule has 0 bridgehead atoms. The third kappa shape index (κ3) is 10.3. The van der Waals surface area contributed by atoms with Gasteiger partial charge in [-0.2, -0.15) is 0 Å². The Kier molecular flexibility index (Phi) is 13.2. The van der Waals surface area contributed by atoms with Gasteiger partial charge in [-0.25, -0.2) is 0 Å². The third-order valence-electron chi connectivity index (χ3n) is 2.76. The van der Waals surface area contributed by atoms with Crippen molar-refractivity contribution in [3.63, 3.8) is 0 Å². The number of unbranched alkanes of at least 4 members (excludes halogenated alkanes) is 1. The van der Waals surface area contributed by atoms with Gasteiger partial charge in [0.05, 0.1) is 6.61 Å². The molecule has 0 radical (unpaired) electrons.